The maximum Gasteiger partial charge on any atom is 0.221 e. The smallest absolute Gasteiger partial charge is 0.221 e. The number of likely N-dealkylation sites (tertiary alicyclic amines) is 1. The molecule has 2 atom stereocenters. The van der Waals surface area contributed by atoms with E-state index in [-0.39, 0.29) is 17.7 Å². The van der Waals surface area contributed by atoms with E-state index in [1.807, 2.05) is 6.92 Å². The molecule has 2 N–H and O–H groups in total. The molecule has 1 aliphatic heterocycles. The van der Waals surface area contributed by atoms with Gasteiger partial charge >= 0.3 is 0 Å². The molecule has 1 saturated heterocycles. The molecule has 4 heteroatoms. The number of nitrogens with two attached hydrogens (primary N) is 1. The van der Waals surface area contributed by atoms with Gasteiger partial charge in [0.15, 0.2) is 0 Å². The van der Waals surface area contributed by atoms with Crippen LogP contribution in [-0.2, 0) is 9.59 Å². The number of nitrogens with zero attached hydrogens (tertiary/aromatic N) is 1. The second-order valence-electron chi connectivity index (χ2n) is 4.10. The third-order valence-electron chi connectivity index (χ3n) is 2.75. The molecule has 14 heavy (non-hydrogen) atoms. The molecule has 0 aromatic heterocycles. The average molecular weight is 198 g/mol. The van der Waals surface area contributed by atoms with Crippen molar-refractivity contribution >= 4 is 12.2 Å². The Morgan fingerprint density at radius 3 is 3.00 bits per heavy atom. The largest absolute Gasteiger partial charge is 0.369 e. The van der Waals surface area contributed by atoms with Crippen LogP contribution in [-0.4, -0.2) is 36.7 Å². The molecule has 0 aromatic carbocycles. The Bertz CT molecular complexity index is 218. The lowest BCUT2D eigenvalue weighted by Crippen LogP contribution is -2.41. The molecule has 1 rings (SSSR count). The van der Waals surface area contributed by atoms with Gasteiger partial charge in [-0.25, -0.2) is 0 Å². The zero-order valence-corrected chi connectivity index (χ0v) is 8.61. The van der Waals surface area contributed by atoms with Crippen LogP contribution in [0.5, 0.6) is 0 Å². The molecule has 1 fully saturated rings. The molecule has 4 nitrogen and oxygen atoms in total. The standard InChI is InChI=1S/C10H18N2O2/c1-8(10(11)14)5-12-4-2-3-9(6-12)7-13/h7-9H,2-6H2,1H3,(H2,11,14). The zero-order valence-electron chi connectivity index (χ0n) is 8.61. The van der Waals surface area contributed by atoms with Crippen molar-refractivity contribution in [2.45, 2.75) is 19.8 Å². The molecule has 1 amide bonds. The van der Waals surface area contributed by atoms with E-state index >= 15 is 0 Å². The van der Waals surface area contributed by atoms with Gasteiger partial charge in [-0.15, -0.1) is 0 Å². The number of rotatable bonds is 4. The predicted molar refractivity (Wildman–Crippen MR) is 53.6 cm³/mol. The molecule has 0 saturated carbocycles. The fourth-order valence-corrected chi connectivity index (χ4v) is 1.85. The molecule has 0 bridgehead atoms. The maximum absolute atomic E-state index is 10.9. The second-order valence-corrected chi connectivity index (χ2v) is 4.10. The summed E-state index contributed by atoms with van der Waals surface area (Å²) < 4.78 is 0. The molecule has 0 radical (unpaired) electrons. The van der Waals surface area contributed by atoms with Crippen LogP contribution in [0.25, 0.3) is 0 Å². The average Bonchev–Trinajstić information content (AvgIpc) is 2.18. The van der Waals surface area contributed by atoms with Crippen molar-refractivity contribution < 1.29 is 9.59 Å². The summed E-state index contributed by atoms with van der Waals surface area (Å²) in [6.07, 6.45) is 3.03. The Morgan fingerprint density at radius 2 is 2.43 bits per heavy atom. The van der Waals surface area contributed by atoms with Gasteiger partial charge in [-0.2, -0.15) is 0 Å². The first kappa shape index (κ1) is 11.2. The zero-order chi connectivity index (χ0) is 10.6. The van der Waals surface area contributed by atoms with Gasteiger partial charge in [0.25, 0.3) is 0 Å². The van der Waals surface area contributed by atoms with E-state index in [0.717, 1.165) is 32.2 Å². The first-order chi connectivity index (χ1) is 6.63. The molecule has 1 aliphatic rings. The molecule has 1 heterocycles. The minimum atomic E-state index is -0.266. The van der Waals surface area contributed by atoms with Crippen molar-refractivity contribution in [3.63, 3.8) is 0 Å². The quantitative estimate of drug-likeness (QED) is 0.648. The maximum atomic E-state index is 10.9. The minimum Gasteiger partial charge on any atom is -0.369 e. The van der Waals surface area contributed by atoms with Gasteiger partial charge in [0.05, 0.1) is 0 Å². The van der Waals surface area contributed by atoms with E-state index in [0.29, 0.717) is 6.54 Å². The Morgan fingerprint density at radius 1 is 1.71 bits per heavy atom. The summed E-state index contributed by atoms with van der Waals surface area (Å²) in [4.78, 5) is 23.6. The number of amides is 1. The summed E-state index contributed by atoms with van der Waals surface area (Å²) in [6, 6.07) is 0. The minimum absolute atomic E-state index is 0.125. The van der Waals surface area contributed by atoms with Crippen molar-refractivity contribution in [2.75, 3.05) is 19.6 Å². The van der Waals surface area contributed by atoms with Crippen molar-refractivity contribution in [2.24, 2.45) is 17.6 Å². The Hall–Kier alpha value is -0.900. The number of piperidine rings is 1. The highest BCUT2D eigenvalue weighted by molar-refractivity contribution is 5.76. The van der Waals surface area contributed by atoms with Crippen molar-refractivity contribution in [3.05, 3.63) is 0 Å². The Labute approximate surface area is 84.4 Å². The van der Waals surface area contributed by atoms with E-state index in [9.17, 15) is 9.59 Å². The van der Waals surface area contributed by atoms with E-state index in [1.165, 1.54) is 0 Å². The van der Waals surface area contributed by atoms with Gasteiger partial charge in [-0.3, -0.25) is 4.79 Å². The summed E-state index contributed by atoms with van der Waals surface area (Å²) in [6.45, 7) is 4.26. The lowest BCUT2D eigenvalue weighted by Gasteiger charge is -2.31. The van der Waals surface area contributed by atoms with Crippen molar-refractivity contribution in [1.29, 1.82) is 0 Å². The lowest BCUT2D eigenvalue weighted by atomic mass is 9.98. The first-order valence-electron chi connectivity index (χ1n) is 5.10. The number of hydrogen-bond donors (Lipinski definition) is 1. The molecule has 0 aliphatic carbocycles. The van der Waals surface area contributed by atoms with Crippen LogP contribution in [0, 0.1) is 11.8 Å². The van der Waals surface area contributed by atoms with E-state index in [2.05, 4.69) is 4.90 Å². The van der Waals surface area contributed by atoms with Crippen LogP contribution >= 0.6 is 0 Å². The SMILES string of the molecule is CC(CN1CCCC(C=O)C1)C(N)=O. The summed E-state index contributed by atoms with van der Waals surface area (Å²) in [5.41, 5.74) is 5.19. The van der Waals surface area contributed by atoms with Gasteiger partial charge < -0.3 is 15.4 Å². The fraction of sp³-hybridized carbons (Fsp3) is 0.800. The van der Waals surface area contributed by atoms with E-state index in [1.54, 1.807) is 0 Å². The highest BCUT2D eigenvalue weighted by Gasteiger charge is 2.21. The molecular weight excluding hydrogens is 180 g/mol. The molecular formula is C10H18N2O2. The topological polar surface area (TPSA) is 63.4 Å². The molecule has 2 unspecified atom stereocenters. The van der Waals surface area contributed by atoms with E-state index in [4.69, 9.17) is 5.73 Å². The Kier molecular flexibility index (Phi) is 4.07. The van der Waals surface area contributed by atoms with Crippen LogP contribution in [0.3, 0.4) is 0 Å². The van der Waals surface area contributed by atoms with Crippen LogP contribution in [0.1, 0.15) is 19.8 Å². The van der Waals surface area contributed by atoms with Crippen LogP contribution in [0.2, 0.25) is 0 Å². The summed E-state index contributed by atoms with van der Waals surface area (Å²) in [5.74, 6) is -0.248. The molecule has 0 spiro atoms. The summed E-state index contributed by atoms with van der Waals surface area (Å²) in [7, 11) is 0. The van der Waals surface area contributed by atoms with Crippen molar-refractivity contribution in [1.82, 2.24) is 4.90 Å². The van der Waals surface area contributed by atoms with Crippen LogP contribution in [0.15, 0.2) is 0 Å². The fourth-order valence-electron chi connectivity index (χ4n) is 1.85. The van der Waals surface area contributed by atoms with Crippen LogP contribution < -0.4 is 5.73 Å². The van der Waals surface area contributed by atoms with Crippen molar-refractivity contribution in [3.8, 4) is 0 Å². The van der Waals surface area contributed by atoms with Crippen LogP contribution in [0.4, 0.5) is 0 Å². The number of hydrogen-bond acceptors (Lipinski definition) is 3. The number of primary amides is 1. The number of carbonyl (C=O) groups is 2. The first-order valence-corrected chi connectivity index (χ1v) is 5.10. The molecule has 0 aromatic rings. The Balaban J connectivity index is 2.37. The number of aldehydes is 1. The monoisotopic (exact) mass is 198 g/mol. The third-order valence-corrected chi connectivity index (χ3v) is 2.75. The lowest BCUT2D eigenvalue weighted by molar-refractivity contribution is -0.122. The molecule has 80 valence electrons. The highest BCUT2D eigenvalue weighted by atomic mass is 16.1. The van der Waals surface area contributed by atoms with Gasteiger partial charge in [0, 0.05) is 24.9 Å². The predicted octanol–water partition coefficient (Wildman–Crippen LogP) is 0.0187. The van der Waals surface area contributed by atoms with Gasteiger partial charge in [-0.1, -0.05) is 6.92 Å². The van der Waals surface area contributed by atoms with Gasteiger partial charge in [0.2, 0.25) is 5.91 Å². The highest BCUT2D eigenvalue weighted by Crippen LogP contribution is 2.15. The second kappa shape index (κ2) is 5.10. The van der Waals surface area contributed by atoms with E-state index < -0.39 is 0 Å². The normalized spacial score (nSPS) is 25.6. The third kappa shape index (κ3) is 3.10. The summed E-state index contributed by atoms with van der Waals surface area (Å²) in [5, 5.41) is 0. The number of carbonyl (C=O) groups excluding carboxylic acids is 2. The van der Waals surface area contributed by atoms with Gasteiger partial charge in [0.1, 0.15) is 6.29 Å². The summed E-state index contributed by atoms with van der Waals surface area (Å²) >= 11 is 0. The van der Waals surface area contributed by atoms with Gasteiger partial charge in [-0.05, 0) is 19.4 Å².